The number of likely N-dealkylation sites (N-methyl/N-ethyl adjacent to an activating group) is 1. The van der Waals surface area contributed by atoms with Gasteiger partial charge in [0.05, 0.1) is 12.0 Å². The van der Waals surface area contributed by atoms with E-state index < -0.39 is 10.0 Å². The molecule has 2 heterocycles. The van der Waals surface area contributed by atoms with Crippen molar-refractivity contribution in [3.63, 3.8) is 0 Å². The molecule has 2 aromatic rings. The number of benzene rings is 1. The number of nitrogens with one attached hydrogen (secondary N) is 1. The van der Waals surface area contributed by atoms with E-state index in [1.807, 2.05) is 5.38 Å². The molecule has 26 heavy (non-hydrogen) atoms. The van der Waals surface area contributed by atoms with Crippen molar-refractivity contribution in [2.75, 3.05) is 46.9 Å². The lowest BCUT2D eigenvalue weighted by Crippen LogP contribution is -2.48. The number of hydrogen-bond donors (Lipinski definition) is 1. The molecule has 0 radical (unpaired) electrons. The fourth-order valence-corrected chi connectivity index (χ4v) is 4.83. The molecule has 8 heteroatoms. The topological polar surface area (TPSA) is 61.9 Å². The van der Waals surface area contributed by atoms with Crippen LogP contribution in [0.25, 0.3) is 0 Å². The van der Waals surface area contributed by atoms with Crippen LogP contribution in [0.4, 0.5) is 0 Å². The highest BCUT2D eigenvalue weighted by atomic mass is 32.2. The monoisotopic (exact) mass is 395 g/mol. The summed E-state index contributed by atoms with van der Waals surface area (Å²) in [7, 11) is 0.113. The maximum absolute atomic E-state index is 12.7. The van der Waals surface area contributed by atoms with Crippen LogP contribution in [0.2, 0.25) is 0 Å². The molecule has 6 nitrogen and oxygen atoms in total. The number of piperazine rings is 1. The summed E-state index contributed by atoms with van der Waals surface area (Å²) in [6.07, 6.45) is 0. The van der Waals surface area contributed by atoms with Gasteiger partial charge in [-0.05, 0) is 53.7 Å². The molecule has 1 saturated heterocycles. The second-order valence-corrected chi connectivity index (χ2v) is 8.99. The van der Waals surface area contributed by atoms with Gasteiger partial charge in [-0.2, -0.15) is 11.3 Å². The summed E-state index contributed by atoms with van der Waals surface area (Å²) in [6, 6.07) is 8.57. The van der Waals surface area contributed by atoms with E-state index in [2.05, 4.69) is 33.0 Å². The molecule has 142 valence electrons. The van der Waals surface area contributed by atoms with Crippen LogP contribution in [0.5, 0.6) is 5.75 Å². The predicted octanol–water partition coefficient (Wildman–Crippen LogP) is 2.02. The number of nitrogens with zero attached hydrogens (tertiary/aromatic N) is 2. The Bertz CT molecular complexity index is 784. The van der Waals surface area contributed by atoms with Crippen molar-refractivity contribution >= 4 is 21.4 Å². The molecule has 1 N–H and O–H groups in total. The van der Waals surface area contributed by atoms with Crippen LogP contribution in [0.3, 0.4) is 0 Å². The molecule has 0 amide bonds. The zero-order chi connectivity index (χ0) is 18.6. The molecule has 1 aliphatic rings. The Labute approximate surface area is 159 Å². The third kappa shape index (κ3) is 4.63. The third-order valence-electron chi connectivity index (χ3n) is 4.74. The lowest BCUT2D eigenvalue weighted by Gasteiger charge is -2.37. The summed E-state index contributed by atoms with van der Waals surface area (Å²) in [5, 5.41) is 4.14. The molecule has 1 aromatic carbocycles. The van der Waals surface area contributed by atoms with E-state index in [1.54, 1.807) is 42.7 Å². The average molecular weight is 396 g/mol. The first-order valence-corrected chi connectivity index (χ1v) is 11.0. The first kappa shape index (κ1) is 19.3. The van der Waals surface area contributed by atoms with Gasteiger partial charge in [0.15, 0.2) is 0 Å². The maximum atomic E-state index is 12.7. The number of ether oxygens (including phenoxy) is 1. The number of thiophene rings is 1. The number of methoxy groups -OCH3 is 1. The van der Waals surface area contributed by atoms with E-state index in [0.29, 0.717) is 12.3 Å². The van der Waals surface area contributed by atoms with Crippen molar-refractivity contribution in [3.8, 4) is 5.75 Å². The van der Waals surface area contributed by atoms with E-state index in [1.165, 1.54) is 0 Å². The quantitative estimate of drug-likeness (QED) is 0.777. The Balaban J connectivity index is 1.72. The fourth-order valence-electron chi connectivity index (χ4n) is 3.08. The minimum Gasteiger partial charge on any atom is -0.497 e. The number of hydrogen-bond acceptors (Lipinski definition) is 6. The van der Waals surface area contributed by atoms with Crippen LogP contribution in [-0.2, 0) is 10.0 Å². The van der Waals surface area contributed by atoms with Gasteiger partial charge in [-0.15, -0.1) is 0 Å². The van der Waals surface area contributed by atoms with Crippen molar-refractivity contribution in [3.05, 3.63) is 46.7 Å². The molecular formula is C18H25N3O3S2. The first-order valence-electron chi connectivity index (χ1n) is 8.58. The molecule has 3 rings (SSSR count). The van der Waals surface area contributed by atoms with Gasteiger partial charge in [-0.1, -0.05) is 0 Å². The van der Waals surface area contributed by atoms with E-state index >= 15 is 0 Å². The highest BCUT2D eigenvalue weighted by Crippen LogP contribution is 2.24. The van der Waals surface area contributed by atoms with Crippen molar-refractivity contribution in [1.82, 2.24) is 14.5 Å². The summed E-state index contributed by atoms with van der Waals surface area (Å²) in [4.78, 5) is 4.90. The maximum Gasteiger partial charge on any atom is 0.240 e. The van der Waals surface area contributed by atoms with Crippen LogP contribution in [-0.4, -0.2) is 65.1 Å². The van der Waals surface area contributed by atoms with Gasteiger partial charge in [0.1, 0.15) is 5.75 Å². The summed E-state index contributed by atoms with van der Waals surface area (Å²) in [5.74, 6) is 0.637. The van der Waals surface area contributed by atoms with Gasteiger partial charge < -0.3 is 9.64 Å². The van der Waals surface area contributed by atoms with E-state index in [0.717, 1.165) is 31.7 Å². The summed E-state index contributed by atoms with van der Waals surface area (Å²) < 4.78 is 33.2. The summed E-state index contributed by atoms with van der Waals surface area (Å²) in [5.41, 5.74) is 1.16. The van der Waals surface area contributed by atoms with Crippen LogP contribution in [0.15, 0.2) is 46.0 Å². The van der Waals surface area contributed by atoms with Gasteiger partial charge in [-0.3, -0.25) is 4.90 Å². The molecule has 0 bridgehead atoms. The highest BCUT2D eigenvalue weighted by Gasteiger charge is 2.26. The summed E-state index contributed by atoms with van der Waals surface area (Å²) >= 11 is 1.64. The van der Waals surface area contributed by atoms with Gasteiger partial charge in [0.25, 0.3) is 0 Å². The third-order valence-corrected chi connectivity index (χ3v) is 6.88. The average Bonchev–Trinajstić information content (AvgIpc) is 3.18. The molecule has 1 aromatic heterocycles. The normalized spacial score (nSPS) is 17.9. The molecule has 1 fully saturated rings. The number of sulfonamides is 1. The second-order valence-electron chi connectivity index (χ2n) is 6.44. The minimum absolute atomic E-state index is 0.0444. The van der Waals surface area contributed by atoms with Crippen LogP contribution in [0, 0.1) is 0 Å². The Morgan fingerprint density at radius 3 is 2.42 bits per heavy atom. The zero-order valence-electron chi connectivity index (χ0n) is 15.1. The Hall–Kier alpha value is -1.45. The van der Waals surface area contributed by atoms with Gasteiger partial charge in [-0.25, -0.2) is 13.1 Å². The van der Waals surface area contributed by atoms with Crippen LogP contribution < -0.4 is 9.46 Å². The van der Waals surface area contributed by atoms with Gasteiger partial charge in [0.2, 0.25) is 10.0 Å². The van der Waals surface area contributed by atoms with E-state index in [4.69, 9.17) is 4.74 Å². The smallest absolute Gasteiger partial charge is 0.240 e. The molecule has 1 atom stereocenters. The minimum atomic E-state index is -3.56. The molecule has 0 unspecified atom stereocenters. The van der Waals surface area contributed by atoms with Crippen molar-refractivity contribution in [2.45, 2.75) is 10.9 Å². The lowest BCUT2D eigenvalue weighted by atomic mass is 10.1. The van der Waals surface area contributed by atoms with Crippen LogP contribution in [0.1, 0.15) is 11.6 Å². The Morgan fingerprint density at radius 2 is 1.85 bits per heavy atom. The summed E-state index contributed by atoms with van der Waals surface area (Å²) in [6.45, 7) is 4.20. The molecule has 0 saturated carbocycles. The fraction of sp³-hybridized carbons (Fsp3) is 0.444. The van der Waals surface area contributed by atoms with E-state index in [-0.39, 0.29) is 10.9 Å². The molecule has 0 aliphatic carbocycles. The SMILES string of the molecule is COc1ccc(S(=O)(=O)NC[C@@H](c2ccsc2)N2CCN(C)CC2)cc1. The predicted molar refractivity (Wildman–Crippen MR) is 104 cm³/mol. The first-order chi connectivity index (χ1) is 12.5. The molecular weight excluding hydrogens is 370 g/mol. The van der Waals surface area contributed by atoms with Crippen LogP contribution >= 0.6 is 11.3 Å². The molecule has 1 aliphatic heterocycles. The Morgan fingerprint density at radius 1 is 1.15 bits per heavy atom. The van der Waals surface area contributed by atoms with Crippen molar-refractivity contribution in [1.29, 1.82) is 0 Å². The molecule has 0 spiro atoms. The van der Waals surface area contributed by atoms with Gasteiger partial charge in [0, 0.05) is 38.8 Å². The standard InChI is InChI=1S/C18H25N3O3S2/c1-20-8-10-21(11-9-20)18(15-7-12-25-14-15)13-19-26(22,23)17-5-3-16(24-2)4-6-17/h3-7,12,14,18-19H,8-11,13H2,1-2H3/t18-/m0/s1. The highest BCUT2D eigenvalue weighted by molar-refractivity contribution is 7.89. The largest absolute Gasteiger partial charge is 0.497 e. The van der Waals surface area contributed by atoms with Gasteiger partial charge >= 0.3 is 0 Å². The van der Waals surface area contributed by atoms with E-state index in [9.17, 15) is 8.42 Å². The lowest BCUT2D eigenvalue weighted by molar-refractivity contribution is 0.113. The number of rotatable bonds is 7. The Kier molecular flexibility index (Phi) is 6.31. The zero-order valence-corrected chi connectivity index (χ0v) is 16.7. The second kappa shape index (κ2) is 8.49. The van der Waals surface area contributed by atoms with Crippen molar-refractivity contribution in [2.24, 2.45) is 0 Å². The van der Waals surface area contributed by atoms with Crippen molar-refractivity contribution < 1.29 is 13.2 Å².